The second-order valence-electron chi connectivity index (χ2n) is 5.57. The van der Waals surface area contributed by atoms with E-state index in [-0.39, 0.29) is 17.5 Å². The van der Waals surface area contributed by atoms with Gasteiger partial charge in [-0.2, -0.15) is 0 Å². The molecule has 0 radical (unpaired) electrons. The van der Waals surface area contributed by atoms with Gasteiger partial charge in [0.1, 0.15) is 0 Å². The van der Waals surface area contributed by atoms with Gasteiger partial charge in [0.2, 0.25) is 0 Å². The lowest BCUT2D eigenvalue weighted by Gasteiger charge is -2.27. The molecule has 4 nitrogen and oxygen atoms in total. The zero-order valence-corrected chi connectivity index (χ0v) is 12.7. The number of carboxylic acid groups (broad SMARTS) is 1. The molecule has 0 spiro atoms. The Bertz CT molecular complexity index is 604. The van der Waals surface area contributed by atoms with Crippen LogP contribution in [0.2, 0.25) is 0 Å². The van der Waals surface area contributed by atoms with Crippen LogP contribution in [-0.4, -0.2) is 28.4 Å². The predicted molar refractivity (Wildman–Crippen MR) is 80.9 cm³/mol. The summed E-state index contributed by atoms with van der Waals surface area (Å²) in [5.41, 5.74) is 2.77. The maximum atomic E-state index is 12.6. The minimum Gasteiger partial charge on any atom is -0.478 e. The molecule has 4 heteroatoms. The van der Waals surface area contributed by atoms with E-state index < -0.39 is 5.97 Å². The fourth-order valence-corrected chi connectivity index (χ4v) is 2.83. The number of carbonyl (C=O) groups excluding carboxylic acids is 1. The second-order valence-corrected chi connectivity index (χ2v) is 5.57. The number of carbonyl (C=O) groups is 2. The van der Waals surface area contributed by atoms with Crippen LogP contribution in [0.15, 0.2) is 35.4 Å². The Balaban J connectivity index is 2.32. The summed E-state index contributed by atoms with van der Waals surface area (Å²) < 4.78 is 0. The summed E-state index contributed by atoms with van der Waals surface area (Å²) in [6.07, 6.45) is 1.88. The van der Waals surface area contributed by atoms with Gasteiger partial charge in [-0.15, -0.1) is 0 Å². The quantitative estimate of drug-likeness (QED) is 0.869. The van der Waals surface area contributed by atoms with Crippen molar-refractivity contribution in [1.29, 1.82) is 0 Å². The van der Waals surface area contributed by atoms with Crippen LogP contribution in [0.5, 0.6) is 0 Å². The lowest BCUT2D eigenvalue weighted by molar-refractivity contribution is -0.134. The molecule has 1 unspecified atom stereocenters. The number of rotatable bonds is 3. The Labute approximate surface area is 125 Å². The van der Waals surface area contributed by atoms with E-state index in [1.807, 2.05) is 30.0 Å². The van der Waals surface area contributed by atoms with Gasteiger partial charge >= 0.3 is 5.97 Å². The number of nitrogens with zero attached hydrogens (tertiary/aromatic N) is 1. The summed E-state index contributed by atoms with van der Waals surface area (Å²) in [7, 11) is 0. The number of carboxylic acids is 1. The van der Waals surface area contributed by atoms with Crippen LogP contribution in [0.25, 0.3) is 0 Å². The van der Waals surface area contributed by atoms with Crippen molar-refractivity contribution in [3.8, 4) is 0 Å². The van der Waals surface area contributed by atoms with Crippen molar-refractivity contribution >= 4 is 11.9 Å². The highest BCUT2D eigenvalue weighted by Gasteiger charge is 2.32. The molecule has 1 aromatic carbocycles. The molecule has 21 heavy (non-hydrogen) atoms. The van der Waals surface area contributed by atoms with Crippen LogP contribution in [0, 0.1) is 6.92 Å². The van der Waals surface area contributed by atoms with E-state index in [2.05, 4.69) is 6.07 Å². The second kappa shape index (κ2) is 6.12. The largest absolute Gasteiger partial charge is 0.478 e. The molecule has 1 aromatic rings. The van der Waals surface area contributed by atoms with Crippen molar-refractivity contribution in [3.05, 3.63) is 46.5 Å². The van der Waals surface area contributed by atoms with Gasteiger partial charge < -0.3 is 10.0 Å². The molecule has 0 aromatic heterocycles. The molecule has 1 fully saturated rings. The first kappa shape index (κ1) is 15.3. The normalized spacial score (nSPS) is 19.4. The van der Waals surface area contributed by atoms with Gasteiger partial charge in [-0.3, -0.25) is 4.79 Å². The molecular formula is C17H21NO3. The summed E-state index contributed by atoms with van der Waals surface area (Å²) in [5.74, 6) is -1.20. The van der Waals surface area contributed by atoms with E-state index in [9.17, 15) is 9.59 Å². The number of aryl methyl sites for hydroxylation is 1. The fourth-order valence-electron chi connectivity index (χ4n) is 2.83. The third-order valence-electron chi connectivity index (χ3n) is 4.27. The van der Waals surface area contributed by atoms with Gasteiger partial charge in [-0.25, -0.2) is 4.79 Å². The van der Waals surface area contributed by atoms with Gasteiger partial charge in [0.15, 0.2) is 0 Å². The van der Waals surface area contributed by atoms with E-state index >= 15 is 0 Å². The average Bonchev–Trinajstić information content (AvgIpc) is 2.94. The molecular weight excluding hydrogens is 266 g/mol. The van der Waals surface area contributed by atoms with Crippen LogP contribution < -0.4 is 0 Å². The van der Waals surface area contributed by atoms with Gasteiger partial charge in [0.05, 0.1) is 6.04 Å². The molecule has 1 saturated heterocycles. The van der Waals surface area contributed by atoms with Crippen LogP contribution in [0.3, 0.4) is 0 Å². The highest BCUT2D eigenvalue weighted by Crippen LogP contribution is 2.34. The fraction of sp³-hybridized carbons (Fsp3) is 0.412. The van der Waals surface area contributed by atoms with Gasteiger partial charge in [-0.05, 0) is 44.7 Å². The molecule has 1 amide bonds. The van der Waals surface area contributed by atoms with Crippen molar-refractivity contribution < 1.29 is 14.7 Å². The Hall–Kier alpha value is -2.10. The summed E-state index contributed by atoms with van der Waals surface area (Å²) in [4.78, 5) is 25.4. The van der Waals surface area contributed by atoms with Gasteiger partial charge in [0, 0.05) is 17.7 Å². The third kappa shape index (κ3) is 2.99. The Kier molecular flexibility index (Phi) is 4.46. The maximum Gasteiger partial charge on any atom is 0.331 e. The van der Waals surface area contributed by atoms with Crippen molar-refractivity contribution in [1.82, 2.24) is 4.90 Å². The topological polar surface area (TPSA) is 57.6 Å². The summed E-state index contributed by atoms with van der Waals surface area (Å²) >= 11 is 0. The zero-order valence-electron chi connectivity index (χ0n) is 12.7. The summed E-state index contributed by atoms with van der Waals surface area (Å²) in [5, 5.41) is 9.04. The first-order chi connectivity index (χ1) is 9.93. The molecule has 1 heterocycles. The Morgan fingerprint density at radius 1 is 1.19 bits per heavy atom. The minimum absolute atomic E-state index is 0.0512. The summed E-state index contributed by atoms with van der Waals surface area (Å²) in [6, 6.07) is 8.11. The van der Waals surface area contributed by atoms with E-state index in [0.29, 0.717) is 12.1 Å². The van der Waals surface area contributed by atoms with Crippen molar-refractivity contribution in [3.63, 3.8) is 0 Å². The lowest BCUT2D eigenvalue weighted by atomic mass is 9.99. The van der Waals surface area contributed by atoms with Crippen LogP contribution in [0.4, 0.5) is 0 Å². The Morgan fingerprint density at radius 2 is 1.86 bits per heavy atom. The van der Waals surface area contributed by atoms with Crippen LogP contribution in [0.1, 0.15) is 43.9 Å². The number of hydrogen-bond donors (Lipinski definition) is 1. The highest BCUT2D eigenvalue weighted by molar-refractivity contribution is 6.01. The van der Waals surface area contributed by atoms with Crippen molar-refractivity contribution in [2.45, 2.75) is 39.7 Å². The van der Waals surface area contributed by atoms with Crippen LogP contribution in [-0.2, 0) is 9.59 Å². The lowest BCUT2D eigenvalue weighted by Crippen LogP contribution is -2.32. The van der Waals surface area contributed by atoms with E-state index in [1.165, 1.54) is 12.5 Å². The molecule has 1 N–H and O–H groups in total. The number of benzene rings is 1. The van der Waals surface area contributed by atoms with E-state index in [1.54, 1.807) is 6.92 Å². The van der Waals surface area contributed by atoms with Gasteiger partial charge in [-0.1, -0.05) is 24.3 Å². The number of aliphatic carboxylic acids is 1. The van der Waals surface area contributed by atoms with Crippen molar-refractivity contribution in [2.75, 3.05) is 6.54 Å². The smallest absolute Gasteiger partial charge is 0.331 e. The SMILES string of the molecule is CC(C(=O)O)=C(C)C(=O)N1CCCC1c1ccccc1C. The van der Waals surface area contributed by atoms with Crippen LogP contribution >= 0.6 is 0 Å². The number of likely N-dealkylation sites (tertiary alicyclic amines) is 1. The monoisotopic (exact) mass is 287 g/mol. The summed E-state index contributed by atoms with van der Waals surface area (Å²) in [6.45, 7) is 5.80. The number of hydrogen-bond acceptors (Lipinski definition) is 2. The molecule has 1 aliphatic heterocycles. The highest BCUT2D eigenvalue weighted by atomic mass is 16.4. The molecule has 0 saturated carbocycles. The Morgan fingerprint density at radius 3 is 2.48 bits per heavy atom. The van der Waals surface area contributed by atoms with E-state index in [4.69, 9.17) is 5.11 Å². The first-order valence-electron chi connectivity index (χ1n) is 7.20. The standard InChI is InChI=1S/C17H21NO3/c1-11-7-4-5-8-14(11)15-9-6-10-18(15)16(19)12(2)13(3)17(20)21/h4-5,7-8,15H,6,9-10H2,1-3H3,(H,20,21). The molecule has 1 aliphatic rings. The van der Waals surface area contributed by atoms with E-state index in [0.717, 1.165) is 18.4 Å². The van der Waals surface area contributed by atoms with Crippen molar-refractivity contribution in [2.24, 2.45) is 0 Å². The molecule has 2 rings (SSSR count). The third-order valence-corrected chi connectivity index (χ3v) is 4.27. The average molecular weight is 287 g/mol. The molecule has 0 aliphatic carbocycles. The number of amides is 1. The molecule has 0 bridgehead atoms. The maximum absolute atomic E-state index is 12.6. The molecule has 112 valence electrons. The predicted octanol–water partition coefficient (Wildman–Crippen LogP) is 3.08. The minimum atomic E-state index is -1.03. The zero-order chi connectivity index (χ0) is 15.6. The first-order valence-corrected chi connectivity index (χ1v) is 7.20. The molecule has 1 atom stereocenters. The van der Waals surface area contributed by atoms with Gasteiger partial charge in [0.25, 0.3) is 5.91 Å².